The first kappa shape index (κ1) is 15.8. The first-order chi connectivity index (χ1) is 8.77. The number of hydrogen-bond donors (Lipinski definition) is 2. The van der Waals surface area contributed by atoms with Crippen LogP contribution in [0.5, 0.6) is 0 Å². The van der Waals surface area contributed by atoms with Crippen LogP contribution in [0.3, 0.4) is 0 Å². The summed E-state index contributed by atoms with van der Waals surface area (Å²) < 4.78 is 26.3. The Bertz CT molecular complexity index is 576. The van der Waals surface area contributed by atoms with Crippen LogP contribution in [-0.2, 0) is 10.0 Å². The largest absolute Gasteiger partial charge is 0.316 e. The summed E-state index contributed by atoms with van der Waals surface area (Å²) in [6, 6.07) is 3.18. The number of nitrogens with one attached hydrogen (secondary N) is 2. The van der Waals surface area contributed by atoms with Crippen LogP contribution in [0.1, 0.15) is 6.92 Å². The zero-order valence-electron chi connectivity index (χ0n) is 10.4. The Morgan fingerprint density at radius 1 is 1.47 bits per heavy atom. The van der Waals surface area contributed by atoms with Gasteiger partial charge >= 0.3 is 0 Å². The van der Waals surface area contributed by atoms with Gasteiger partial charge in [0.2, 0.25) is 10.0 Å². The lowest BCUT2D eigenvalue weighted by Gasteiger charge is -2.12. The minimum absolute atomic E-state index is 0.0494. The van der Waals surface area contributed by atoms with Gasteiger partial charge in [-0.1, -0.05) is 11.6 Å². The van der Waals surface area contributed by atoms with E-state index in [1.807, 2.05) is 0 Å². The Balaban J connectivity index is 2.99. The molecule has 0 amide bonds. The summed E-state index contributed by atoms with van der Waals surface area (Å²) in [4.78, 5) is 9.72. The van der Waals surface area contributed by atoms with Crippen molar-refractivity contribution in [2.45, 2.75) is 17.9 Å². The van der Waals surface area contributed by atoms with Gasteiger partial charge in [0.15, 0.2) is 0 Å². The van der Waals surface area contributed by atoms with Crippen molar-refractivity contribution in [3.05, 3.63) is 33.3 Å². The third-order valence-corrected chi connectivity index (χ3v) is 4.39. The fourth-order valence-corrected chi connectivity index (χ4v) is 2.90. The number of halogens is 1. The van der Waals surface area contributed by atoms with Gasteiger partial charge in [-0.05, 0) is 20.0 Å². The SMILES string of the molecule is CNC(C)CNS(=O)(=O)c1ccc([N+](=O)[O-])cc1Cl. The highest BCUT2D eigenvalue weighted by Gasteiger charge is 2.20. The maximum Gasteiger partial charge on any atom is 0.271 e. The Morgan fingerprint density at radius 2 is 2.11 bits per heavy atom. The molecule has 1 aromatic rings. The van der Waals surface area contributed by atoms with Gasteiger partial charge in [0.25, 0.3) is 5.69 Å². The molecule has 0 aliphatic rings. The van der Waals surface area contributed by atoms with Crippen molar-refractivity contribution < 1.29 is 13.3 Å². The van der Waals surface area contributed by atoms with Gasteiger partial charge in [0, 0.05) is 24.7 Å². The normalized spacial score (nSPS) is 13.2. The summed E-state index contributed by atoms with van der Waals surface area (Å²) in [6.07, 6.45) is 0. The Kier molecular flexibility index (Phi) is 5.24. The molecule has 106 valence electrons. The molecule has 9 heteroatoms. The average molecular weight is 308 g/mol. The number of hydrogen-bond acceptors (Lipinski definition) is 5. The number of nitro benzene ring substituents is 1. The number of non-ortho nitro benzene ring substituents is 1. The standard InChI is InChI=1S/C10H14ClN3O4S/c1-7(12-2)6-13-19(17,18)10-4-3-8(14(15)16)5-9(10)11/h3-5,7,12-13H,6H2,1-2H3. The van der Waals surface area contributed by atoms with Gasteiger partial charge in [0.1, 0.15) is 4.90 Å². The lowest BCUT2D eigenvalue weighted by molar-refractivity contribution is -0.384. The van der Waals surface area contributed by atoms with Gasteiger partial charge in [-0.2, -0.15) is 0 Å². The summed E-state index contributed by atoms with van der Waals surface area (Å²) in [5, 5.41) is 13.2. The molecule has 1 atom stereocenters. The zero-order valence-corrected chi connectivity index (χ0v) is 12.0. The van der Waals surface area contributed by atoms with E-state index >= 15 is 0 Å². The topological polar surface area (TPSA) is 101 Å². The van der Waals surface area contributed by atoms with Crippen molar-refractivity contribution in [2.24, 2.45) is 0 Å². The van der Waals surface area contributed by atoms with Crippen LogP contribution in [0.25, 0.3) is 0 Å². The summed E-state index contributed by atoms with van der Waals surface area (Å²) >= 11 is 5.77. The molecule has 0 heterocycles. The second-order valence-electron chi connectivity index (χ2n) is 3.91. The van der Waals surface area contributed by atoms with Gasteiger partial charge < -0.3 is 5.32 Å². The molecular weight excluding hydrogens is 294 g/mol. The molecule has 0 aliphatic heterocycles. The number of benzene rings is 1. The quantitative estimate of drug-likeness (QED) is 0.606. The highest BCUT2D eigenvalue weighted by molar-refractivity contribution is 7.89. The molecule has 1 rings (SSSR count). The van der Waals surface area contributed by atoms with E-state index < -0.39 is 14.9 Å². The minimum atomic E-state index is -3.78. The summed E-state index contributed by atoms with van der Waals surface area (Å²) in [5.74, 6) is 0. The van der Waals surface area contributed by atoms with Gasteiger partial charge in [-0.3, -0.25) is 10.1 Å². The van der Waals surface area contributed by atoms with Gasteiger partial charge in [-0.25, -0.2) is 13.1 Å². The van der Waals surface area contributed by atoms with Crippen LogP contribution in [0.15, 0.2) is 23.1 Å². The minimum Gasteiger partial charge on any atom is -0.316 e. The highest BCUT2D eigenvalue weighted by Crippen LogP contribution is 2.25. The molecule has 1 unspecified atom stereocenters. The lowest BCUT2D eigenvalue weighted by atomic mass is 10.3. The van der Waals surface area contributed by atoms with Crippen LogP contribution in [0.2, 0.25) is 5.02 Å². The van der Waals surface area contributed by atoms with E-state index in [0.717, 1.165) is 18.2 Å². The van der Waals surface area contributed by atoms with Crippen molar-refractivity contribution in [3.8, 4) is 0 Å². The molecule has 0 spiro atoms. The molecule has 7 nitrogen and oxygen atoms in total. The molecule has 1 aromatic carbocycles. The highest BCUT2D eigenvalue weighted by atomic mass is 35.5. The molecule has 0 saturated heterocycles. The Hall–Kier alpha value is -1.22. The maximum atomic E-state index is 12.0. The third kappa shape index (κ3) is 4.13. The Labute approximate surface area is 116 Å². The number of sulfonamides is 1. The molecule has 0 radical (unpaired) electrons. The van der Waals surface area contributed by atoms with E-state index in [1.165, 1.54) is 0 Å². The van der Waals surface area contributed by atoms with Gasteiger partial charge in [-0.15, -0.1) is 0 Å². The molecule has 0 bridgehead atoms. The van der Waals surface area contributed by atoms with Crippen molar-refractivity contribution in [2.75, 3.05) is 13.6 Å². The van der Waals surface area contributed by atoms with Crippen molar-refractivity contribution >= 4 is 27.3 Å². The summed E-state index contributed by atoms with van der Waals surface area (Å²) in [7, 11) is -2.08. The predicted octanol–water partition coefficient (Wildman–Crippen LogP) is 1.13. The molecule has 2 N–H and O–H groups in total. The van der Waals surface area contributed by atoms with E-state index in [1.54, 1.807) is 14.0 Å². The second-order valence-corrected chi connectivity index (χ2v) is 6.06. The zero-order chi connectivity index (χ0) is 14.6. The van der Waals surface area contributed by atoms with Crippen LogP contribution in [0.4, 0.5) is 5.69 Å². The van der Waals surface area contributed by atoms with Crippen LogP contribution in [-0.4, -0.2) is 33.0 Å². The molecular formula is C10H14ClN3O4S. The van der Waals surface area contributed by atoms with E-state index in [0.29, 0.717) is 0 Å². The Morgan fingerprint density at radius 3 is 2.58 bits per heavy atom. The summed E-state index contributed by atoms with van der Waals surface area (Å²) in [5.41, 5.74) is -0.257. The average Bonchev–Trinajstić information content (AvgIpc) is 2.35. The predicted molar refractivity (Wildman–Crippen MR) is 71.8 cm³/mol. The number of nitrogens with zero attached hydrogens (tertiary/aromatic N) is 1. The van der Waals surface area contributed by atoms with E-state index in [4.69, 9.17) is 11.6 Å². The first-order valence-electron chi connectivity index (χ1n) is 5.39. The molecule has 0 saturated carbocycles. The van der Waals surface area contributed by atoms with E-state index in [9.17, 15) is 18.5 Å². The number of likely N-dealkylation sites (N-methyl/N-ethyl adjacent to an activating group) is 1. The summed E-state index contributed by atoms with van der Waals surface area (Å²) in [6.45, 7) is 1.99. The first-order valence-corrected chi connectivity index (χ1v) is 7.25. The van der Waals surface area contributed by atoms with Crippen molar-refractivity contribution in [1.29, 1.82) is 0 Å². The van der Waals surface area contributed by atoms with Crippen molar-refractivity contribution in [1.82, 2.24) is 10.0 Å². The molecule has 19 heavy (non-hydrogen) atoms. The molecule has 0 aliphatic carbocycles. The number of nitro groups is 1. The fraction of sp³-hybridized carbons (Fsp3) is 0.400. The maximum absolute atomic E-state index is 12.0. The second kappa shape index (κ2) is 6.29. The fourth-order valence-electron chi connectivity index (χ4n) is 1.24. The van der Waals surface area contributed by atoms with Crippen LogP contribution < -0.4 is 10.0 Å². The monoisotopic (exact) mass is 307 g/mol. The van der Waals surface area contributed by atoms with Gasteiger partial charge in [0.05, 0.1) is 9.95 Å². The smallest absolute Gasteiger partial charge is 0.271 e. The van der Waals surface area contributed by atoms with E-state index in [2.05, 4.69) is 10.0 Å². The van der Waals surface area contributed by atoms with E-state index in [-0.39, 0.29) is 28.2 Å². The molecule has 0 fully saturated rings. The number of rotatable bonds is 6. The van der Waals surface area contributed by atoms with Crippen LogP contribution in [0, 0.1) is 10.1 Å². The van der Waals surface area contributed by atoms with Crippen molar-refractivity contribution in [3.63, 3.8) is 0 Å². The lowest BCUT2D eigenvalue weighted by Crippen LogP contribution is -2.37. The third-order valence-electron chi connectivity index (χ3n) is 2.49. The van der Waals surface area contributed by atoms with Crippen LogP contribution >= 0.6 is 11.6 Å². The molecule has 0 aromatic heterocycles.